The van der Waals surface area contributed by atoms with Crippen LogP contribution in [0.3, 0.4) is 0 Å². The van der Waals surface area contributed by atoms with Crippen LogP contribution in [0.2, 0.25) is 15.1 Å². The summed E-state index contributed by atoms with van der Waals surface area (Å²) in [6, 6.07) is 8.73. The first kappa shape index (κ1) is 23.4. The zero-order valence-corrected chi connectivity index (χ0v) is 18.5. The molecule has 0 fully saturated rings. The molecule has 2 aromatic carbocycles. The van der Waals surface area contributed by atoms with Crippen molar-refractivity contribution in [3.05, 3.63) is 57.0 Å². The lowest BCUT2D eigenvalue weighted by Gasteiger charge is -2.14. The number of halogens is 3. The van der Waals surface area contributed by atoms with Gasteiger partial charge in [-0.1, -0.05) is 40.9 Å². The Kier molecular flexibility index (Phi) is 7.90. The molecule has 0 aromatic heterocycles. The molecule has 2 aromatic rings. The van der Waals surface area contributed by atoms with Crippen molar-refractivity contribution < 1.29 is 22.7 Å². The topological polar surface area (TPSA) is 92.8 Å². The van der Waals surface area contributed by atoms with Gasteiger partial charge in [0.05, 0.1) is 21.5 Å². The third-order valence-corrected chi connectivity index (χ3v) is 6.71. The Hall–Kier alpha value is -1.84. The van der Waals surface area contributed by atoms with Crippen LogP contribution in [0.1, 0.15) is 5.56 Å². The summed E-state index contributed by atoms with van der Waals surface area (Å²) < 4.78 is 30.5. The normalized spacial score (nSPS) is 11.4. The van der Waals surface area contributed by atoms with Crippen molar-refractivity contribution in [1.29, 1.82) is 0 Å². The summed E-state index contributed by atoms with van der Waals surface area (Å²) in [5.41, 5.74) is 0.779. The minimum Gasteiger partial charge on any atom is -0.455 e. The van der Waals surface area contributed by atoms with Gasteiger partial charge in [0.1, 0.15) is 4.90 Å². The molecule has 0 saturated heterocycles. The van der Waals surface area contributed by atoms with Crippen molar-refractivity contribution in [2.24, 2.45) is 0 Å². The summed E-state index contributed by atoms with van der Waals surface area (Å²) in [5.74, 6) is -1.27. The fourth-order valence-corrected chi connectivity index (χ4v) is 3.90. The molecular formula is C18H17Cl3N2O5S. The number of benzene rings is 2. The summed E-state index contributed by atoms with van der Waals surface area (Å²) in [6.45, 7) is -0.543. The molecule has 0 aliphatic heterocycles. The van der Waals surface area contributed by atoms with E-state index in [-0.39, 0.29) is 22.0 Å². The molecule has 0 atom stereocenters. The molecule has 7 nitrogen and oxygen atoms in total. The summed E-state index contributed by atoms with van der Waals surface area (Å²) in [5, 5.41) is 3.15. The van der Waals surface area contributed by atoms with E-state index in [1.165, 1.54) is 38.4 Å². The van der Waals surface area contributed by atoms with E-state index in [1.807, 2.05) is 0 Å². The minimum atomic E-state index is -3.79. The van der Waals surface area contributed by atoms with Crippen molar-refractivity contribution in [2.75, 3.05) is 26.0 Å². The van der Waals surface area contributed by atoms with Crippen LogP contribution >= 0.6 is 34.8 Å². The third-order valence-electron chi connectivity index (χ3n) is 3.67. The molecule has 0 bridgehead atoms. The predicted molar refractivity (Wildman–Crippen MR) is 112 cm³/mol. The standard InChI is InChI=1S/C18H17Cl3N2O5S/c1-23(2)29(26,27)16-9-12(4-6-14(16)20)22-17(24)10-28-18(25)8-11-3-5-13(19)15(21)7-11/h3-7,9H,8,10H2,1-2H3,(H,22,24). The number of sulfonamides is 1. The molecule has 2 rings (SSSR count). The fraction of sp³-hybridized carbons (Fsp3) is 0.222. The Labute approximate surface area is 183 Å². The highest BCUT2D eigenvalue weighted by molar-refractivity contribution is 7.89. The summed E-state index contributed by atoms with van der Waals surface area (Å²) in [7, 11) is -1.06. The van der Waals surface area contributed by atoms with Crippen LogP contribution in [0, 0.1) is 0 Å². The molecule has 1 amide bonds. The van der Waals surface area contributed by atoms with E-state index in [1.54, 1.807) is 12.1 Å². The number of carbonyl (C=O) groups is 2. The molecule has 1 N–H and O–H groups in total. The van der Waals surface area contributed by atoms with E-state index in [2.05, 4.69) is 5.32 Å². The smallest absolute Gasteiger partial charge is 0.310 e. The first-order chi connectivity index (χ1) is 13.5. The number of amides is 1. The number of rotatable bonds is 7. The molecule has 156 valence electrons. The quantitative estimate of drug-likeness (QED) is 0.612. The molecule has 0 unspecified atom stereocenters. The molecule has 0 heterocycles. The number of esters is 1. The predicted octanol–water partition coefficient (Wildman–Crippen LogP) is 3.62. The molecule has 11 heteroatoms. The lowest BCUT2D eigenvalue weighted by molar-refractivity contribution is -0.146. The van der Waals surface area contributed by atoms with Crippen LogP contribution in [-0.4, -0.2) is 45.3 Å². The van der Waals surface area contributed by atoms with Gasteiger partial charge in [-0.15, -0.1) is 0 Å². The molecule has 0 aliphatic carbocycles. The Bertz CT molecular complexity index is 1040. The second-order valence-electron chi connectivity index (χ2n) is 6.07. The highest BCUT2D eigenvalue weighted by Crippen LogP contribution is 2.27. The third kappa shape index (κ3) is 6.32. The van der Waals surface area contributed by atoms with Gasteiger partial charge in [-0.3, -0.25) is 9.59 Å². The second kappa shape index (κ2) is 9.77. The van der Waals surface area contributed by atoms with Gasteiger partial charge in [-0.05, 0) is 35.9 Å². The number of ether oxygens (including phenoxy) is 1. The van der Waals surface area contributed by atoms with Crippen LogP contribution in [0.25, 0.3) is 0 Å². The van der Waals surface area contributed by atoms with Crippen LogP contribution in [0.4, 0.5) is 5.69 Å². The van der Waals surface area contributed by atoms with Gasteiger partial charge >= 0.3 is 5.97 Å². The summed E-state index contributed by atoms with van der Waals surface area (Å²) >= 11 is 17.7. The molecule has 0 radical (unpaired) electrons. The highest BCUT2D eigenvalue weighted by atomic mass is 35.5. The van der Waals surface area contributed by atoms with Gasteiger partial charge in [0.15, 0.2) is 6.61 Å². The molecule has 0 aliphatic rings. The first-order valence-corrected chi connectivity index (χ1v) is 10.7. The SMILES string of the molecule is CN(C)S(=O)(=O)c1cc(NC(=O)COC(=O)Cc2ccc(Cl)c(Cl)c2)ccc1Cl. The monoisotopic (exact) mass is 478 g/mol. The van der Waals surface area contributed by atoms with Crippen LogP contribution in [0.5, 0.6) is 0 Å². The Morgan fingerprint density at radius 1 is 1.00 bits per heavy atom. The van der Waals surface area contributed by atoms with Gasteiger partial charge in [0.2, 0.25) is 10.0 Å². The fourth-order valence-electron chi connectivity index (χ4n) is 2.19. The Morgan fingerprint density at radius 3 is 2.28 bits per heavy atom. The summed E-state index contributed by atoms with van der Waals surface area (Å²) in [6.07, 6.45) is -0.0870. The van der Waals surface area contributed by atoms with Gasteiger partial charge in [0, 0.05) is 19.8 Å². The molecule has 0 spiro atoms. The number of hydrogen-bond donors (Lipinski definition) is 1. The molecule has 29 heavy (non-hydrogen) atoms. The van der Waals surface area contributed by atoms with E-state index in [4.69, 9.17) is 39.5 Å². The first-order valence-electron chi connectivity index (χ1n) is 8.12. The van der Waals surface area contributed by atoms with E-state index in [9.17, 15) is 18.0 Å². The molecular weight excluding hydrogens is 463 g/mol. The van der Waals surface area contributed by atoms with Crippen molar-refractivity contribution in [2.45, 2.75) is 11.3 Å². The maximum atomic E-state index is 12.3. The Morgan fingerprint density at radius 2 is 1.66 bits per heavy atom. The van der Waals surface area contributed by atoms with Crippen molar-refractivity contribution >= 4 is 62.4 Å². The second-order valence-corrected chi connectivity index (χ2v) is 9.41. The molecule has 0 saturated carbocycles. The largest absolute Gasteiger partial charge is 0.455 e. The average molecular weight is 480 g/mol. The van der Waals surface area contributed by atoms with Crippen LogP contribution in [0.15, 0.2) is 41.3 Å². The summed E-state index contributed by atoms with van der Waals surface area (Å²) in [4.78, 5) is 23.8. The van der Waals surface area contributed by atoms with Crippen molar-refractivity contribution in [3.63, 3.8) is 0 Å². The maximum absolute atomic E-state index is 12.3. The van der Waals surface area contributed by atoms with Crippen LogP contribution in [-0.2, 0) is 30.8 Å². The van der Waals surface area contributed by atoms with E-state index in [0.29, 0.717) is 15.6 Å². The number of hydrogen-bond acceptors (Lipinski definition) is 5. The zero-order valence-electron chi connectivity index (χ0n) is 15.4. The van der Waals surface area contributed by atoms with Crippen LogP contribution < -0.4 is 5.32 Å². The number of carbonyl (C=O) groups excluding carboxylic acids is 2. The Balaban J connectivity index is 1.97. The number of nitrogens with one attached hydrogen (secondary N) is 1. The van der Waals surface area contributed by atoms with Gasteiger partial charge in [0.25, 0.3) is 5.91 Å². The average Bonchev–Trinajstić information content (AvgIpc) is 2.64. The van der Waals surface area contributed by atoms with Crippen molar-refractivity contribution in [1.82, 2.24) is 4.31 Å². The lowest BCUT2D eigenvalue weighted by Crippen LogP contribution is -2.24. The minimum absolute atomic E-state index is 0.0183. The van der Waals surface area contributed by atoms with E-state index < -0.39 is 28.5 Å². The van der Waals surface area contributed by atoms with E-state index >= 15 is 0 Å². The number of nitrogens with zero attached hydrogens (tertiary/aromatic N) is 1. The highest BCUT2D eigenvalue weighted by Gasteiger charge is 2.21. The maximum Gasteiger partial charge on any atom is 0.310 e. The van der Waals surface area contributed by atoms with Gasteiger partial charge < -0.3 is 10.1 Å². The van der Waals surface area contributed by atoms with Crippen molar-refractivity contribution in [3.8, 4) is 0 Å². The van der Waals surface area contributed by atoms with Gasteiger partial charge in [-0.2, -0.15) is 0 Å². The van der Waals surface area contributed by atoms with Gasteiger partial charge in [-0.25, -0.2) is 12.7 Å². The lowest BCUT2D eigenvalue weighted by atomic mass is 10.1. The zero-order chi connectivity index (χ0) is 21.8. The van der Waals surface area contributed by atoms with E-state index in [0.717, 1.165) is 4.31 Å². The number of anilines is 1.